The van der Waals surface area contributed by atoms with E-state index >= 15 is 0 Å². The van der Waals surface area contributed by atoms with Crippen LogP contribution in [0.3, 0.4) is 0 Å². The van der Waals surface area contributed by atoms with Gasteiger partial charge in [-0.25, -0.2) is 9.18 Å². The second-order valence-corrected chi connectivity index (χ2v) is 9.64. The monoisotopic (exact) mass is 543 g/mol. The van der Waals surface area contributed by atoms with Gasteiger partial charge in [-0.2, -0.15) is 0 Å². The van der Waals surface area contributed by atoms with Crippen molar-refractivity contribution in [2.75, 3.05) is 52.9 Å². The van der Waals surface area contributed by atoms with Crippen LogP contribution >= 0.6 is 11.3 Å². The Morgan fingerprint density at radius 1 is 0.974 bits per heavy atom. The number of urea groups is 1. The van der Waals surface area contributed by atoms with Crippen LogP contribution in [0.4, 0.5) is 14.9 Å². The molecule has 8 nitrogen and oxygen atoms in total. The predicted octanol–water partition coefficient (Wildman–Crippen LogP) is 4.96. The third-order valence-corrected chi connectivity index (χ3v) is 7.04. The van der Waals surface area contributed by atoms with Gasteiger partial charge in [-0.3, -0.25) is 4.79 Å². The van der Waals surface area contributed by atoms with Crippen molar-refractivity contribution in [1.82, 2.24) is 9.80 Å². The Bertz CT molecular complexity index is 1220. The van der Waals surface area contributed by atoms with Gasteiger partial charge in [-0.1, -0.05) is 12.1 Å². The van der Waals surface area contributed by atoms with Crippen LogP contribution in [0.25, 0.3) is 0 Å². The first-order valence-electron chi connectivity index (χ1n) is 12.2. The van der Waals surface area contributed by atoms with Gasteiger partial charge in [0, 0.05) is 30.8 Å². The number of hydrogen-bond acceptors (Lipinski definition) is 6. The van der Waals surface area contributed by atoms with Crippen LogP contribution in [0.5, 0.6) is 11.5 Å². The Hall–Kier alpha value is -3.63. The molecule has 1 N–H and O–H groups in total. The topological polar surface area (TPSA) is 80.3 Å². The molecule has 0 saturated carbocycles. The molecule has 3 rings (SSSR count). The second kappa shape index (κ2) is 14.3. The van der Waals surface area contributed by atoms with Crippen molar-refractivity contribution in [3.05, 3.63) is 75.7 Å². The summed E-state index contributed by atoms with van der Waals surface area (Å²) in [4.78, 5) is 30.8. The number of anilines is 1. The van der Waals surface area contributed by atoms with Gasteiger partial charge in [-0.15, -0.1) is 11.3 Å². The summed E-state index contributed by atoms with van der Waals surface area (Å²) in [7, 11) is 4.70. The summed E-state index contributed by atoms with van der Waals surface area (Å²) in [6.45, 7) is 3.18. The van der Waals surface area contributed by atoms with E-state index in [2.05, 4.69) is 5.32 Å². The molecule has 10 heteroatoms. The zero-order valence-electron chi connectivity index (χ0n) is 22.2. The summed E-state index contributed by atoms with van der Waals surface area (Å²) in [5.74, 6) is 0.590. The zero-order valence-corrected chi connectivity index (χ0v) is 23.0. The fourth-order valence-corrected chi connectivity index (χ4v) is 4.74. The number of benzene rings is 2. The zero-order chi connectivity index (χ0) is 27.5. The molecule has 0 aliphatic heterocycles. The number of nitrogens with one attached hydrogen (secondary N) is 1. The molecule has 0 saturated heterocycles. The van der Waals surface area contributed by atoms with Crippen LogP contribution < -0.4 is 14.8 Å². The quantitative estimate of drug-likeness (QED) is 0.330. The molecule has 0 spiro atoms. The minimum Gasteiger partial charge on any atom is -0.493 e. The van der Waals surface area contributed by atoms with E-state index in [9.17, 15) is 14.0 Å². The van der Waals surface area contributed by atoms with Gasteiger partial charge in [0.25, 0.3) is 0 Å². The summed E-state index contributed by atoms with van der Waals surface area (Å²) in [5, 5.41) is 4.67. The summed E-state index contributed by atoms with van der Waals surface area (Å²) < 4.78 is 29.5. The summed E-state index contributed by atoms with van der Waals surface area (Å²) in [6, 6.07) is 12.8. The van der Waals surface area contributed by atoms with Crippen molar-refractivity contribution in [3.8, 4) is 11.5 Å². The van der Waals surface area contributed by atoms with Gasteiger partial charge in [-0.05, 0) is 66.2 Å². The molecule has 0 aliphatic rings. The highest BCUT2D eigenvalue weighted by Gasteiger charge is 2.23. The standard InChI is InChI=1S/C28H34FN3O5S/c1-20-11-15-38-26(20)18-31(12-10-21-8-9-24(36-3)25(16-21)37-4)27(33)19-32(13-14-35-2)28(34)30-23-7-5-6-22(29)17-23/h5-9,11,15-17H,10,12-14,18-19H2,1-4H3,(H,30,34). The molecule has 0 bridgehead atoms. The number of halogens is 1. The molecule has 0 radical (unpaired) electrons. The lowest BCUT2D eigenvalue weighted by molar-refractivity contribution is -0.132. The largest absolute Gasteiger partial charge is 0.493 e. The third kappa shape index (κ3) is 8.19. The lowest BCUT2D eigenvalue weighted by Crippen LogP contribution is -2.46. The first kappa shape index (κ1) is 28.9. The molecule has 38 heavy (non-hydrogen) atoms. The van der Waals surface area contributed by atoms with Gasteiger partial charge in [0.15, 0.2) is 11.5 Å². The van der Waals surface area contributed by atoms with Crippen molar-refractivity contribution < 1.29 is 28.2 Å². The number of carbonyl (C=O) groups is 2. The molecule has 0 unspecified atom stereocenters. The highest BCUT2D eigenvalue weighted by atomic mass is 32.1. The van der Waals surface area contributed by atoms with E-state index < -0.39 is 11.8 Å². The molecule has 0 aliphatic carbocycles. The molecule has 1 heterocycles. The van der Waals surface area contributed by atoms with Crippen LogP contribution in [-0.2, 0) is 22.5 Å². The lowest BCUT2D eigenvalue weighted by Gasteiger charge is -2.28. The van der Waals surface area contributed by atoms with Crippen molar-refractivity contribution in [2.24, 2.45) is 0 Å². The minimum absolute atomic E-state index is 0.152. The molecule has 1 aromatic heterocycles. The van der Waals surface area contributed by atoms with E-state index in [0.717, 1.165) is 16.0 Å². The predicted molar refractivity (Wildman–Crippen MR) is 147 cm³/mol. The van der Waals surface area contributed by atoms with Gasteiger partial charge in [0.1, 0.15) is 12.4 Å². The molecule has 0 atom stereocenters. The van der Waals surface area contributed by atoms with Crippen molar-refractivity contribution >= 4 is 29.0 Å². The Labute approximate surface area is 226 Å². The maximum absolute atomic E-state index is 13.6. The number of amides is 3. The van der Waals surface area contributed by atoms with Crippen LogP contribution in [-0.4, -0.2) is 69.3 Å². The Morgan fingerprint density at radius 3 is 2.42 bits per heavy atom. The lowest BCUT2D eigenvalue weighted by atomic mass is 10.1. The second-order valence-electron chi connectivity index (χ2n) is 8.64. The first-order valence-corrected chi connectivity index (χ1v) is 13.0. The number of methoxy groups -OCH3 is 3. The number of thiophene rings is 1. The average Bonchev–Trinajstić information content (AvgIpc) is 3.32. The van der Waals surface area contributed by atoms with Crippen LogP contribution in [0, 0.1) is 12.7 Å². The molecule has 2 aromatic carbocycles. The number of hydrogen-bond donors (Lipinski definition) is 1. The van der Waals surface area contributed by atoms with Crippen LogP contribution in [0.1, 0.15) is 16.0 Å². The molecule has 3 amide bonds. The Morgan fingerprint density at radius 2 is 1.76 bits per heavy atom. The van der Waals surface area contributed by atoms with E-state index in [1.807, 2.05) is 36.6 Å². The molecular formula is C28H34FN3O5S. The smallest absolute Gasteiger partial charge is 0.322 e. The summed E-state index contributed by atoms with van der Waals surface area (Å²) in [5.41, 5.74) is 2.41. The van der Waals surface area contributed by atoms with E-state index in [-0.39, 0.29) is 25.6 Å². The summed E-state index contributed by atoms with van der Waals surface area (Å²) >= 11 is 1.59. The van der Waals surface area contributed by atoms with Crippen molar-refractivity contribution in [3.63, 3.8) is 0 Å². The average molecular weight is 544 g/mol. The minimum atomic E-state index is -0.506. The Balaban J connectivity index is 1.76. The number of rotatable bonds is 13. The van der Waals surface area contributed by atoms with E-state index in [1.54, 1.807) is 36.5 Å². The number of nitrogens with zero attached hydrogens (tertiary/aromatic N) is 2. The highest BCUT2D eigenvalue weighted by molar-refractivity contribution is 7.10. The van der Waals surface area contributed by atoms with Crippen LogP contribution in [0.15, 0.2) is 53.9 Å². The van der Waals surface area contributed by atoms with Gasteiger partial charge in [0.2, 0.25) is 5.91 Å². The normalized spacial score (nSPS) is 10.7. The number of ether oxygens (including phenoxy) is 3. The van der Waals surface area contributed by atoms with Crippen LogP contribution in [0.2, 0.25) is 0 Å². The highest BCUT2D eigenvalue weighted by Crippen LogP contribution is 2.28. The SMILES string of the molecule is COCCN(CC(=O)N(CCc1ccc(OC)c(OC)c1)Cc1sccc1C)C(=O)Nc1cccc(F)c1. The molecule has 0 fully saturated rings. The maximum Gasteiger partial charge on any atom is 0.322 e. The molecular weight excluding hydrogens is 509 g/mol. The van der Waals surface area contributed by atoms with Gasteiger partial charge in [0.05, 0.1) is 27.4 Å². The van der Waals surface area contributed by atoms with E-state index in [0.29, 0.717) is 36.7 Å². The van der Waals surface area contributed by atoms with Crippen molar-refractivity contribution in [2.45, 2.75) is 19.9 Å². The van der Waals surface area contributed by atoms with Crippen molar-refractivity contribution in [1.29, 1.82) is 0 Å². The fourth-order valence-electron chi connectivity index (χ4n) is 3.82. The number of carbonyl (C=O) groups excluding carboxylic acids is 2. The third-order valence-electron chi connectivity index (χ3n) is 6.03. The summed E-state index contributed by atoms with van der Waals surface area (Å²) in [6.07, 6.45) is 0.587. The number of aryl methyl sites for hydroxylation is 1. The maximum atomic E-state index is 13.6. The van der Waals surface area contributed by atoms with E-state index in [1.165, 1.54) is 30.2 Å². The Kier molecular flexibility index (Phi) is 10.9. The van der Waals surface area contributed by atoms with Gasteiger partial charge < -0.3 is 29.3 Å². The molecule has 204 valence electrons. The first-order chi connectivity index (χ1) is 18.3. The van der Waals surface area contributed by atoms with E-state index in [4.69, 9.17) is 14.2 Å². The van der Waals surface area contributed by atoms with Gasteiger partial charge >= 0.3 is 6.03 Å². The molecule has 3 aromatic rings. The fraction of sp³-hybridized carbons (Fsp3) is 0.357.